The summed E-state index contributed by atoms with van der Waals surface area (Å²) in [5.41, 5.74) is 12.8. The number of aliphatic hydroxyl groups is 1. The minimum atomic E-state index is 0.652. The minimum Gasteiger partial charge on any atom is -0.516 e. The van der Waals surface area contributed by atoms with Crippen molar-refractivity contribution in [1.29, 1.82) is 0 Å². The van der Waals surface area contributed by atoms with Crippen molar-refractivity contribution in [2.75, 3.05) is 13.1 Å². The summed E-state index contributed by atoms with van der Waals surface area (Å²) in [6.45, 7) is 5.99. The van der Waals surface area contributed by atoms with Gasteiger partial charge in [0.2, 0.25) is 0 Å². The van der Waals surface area contributed by atoms with E-state index >= 15 is 0 Å². The Morgan fingerprint density at radius 1 is 1.17 bits per heavy atom. The Morgan fingerprint density at radius 2 is 1.91 bits per heavy atom. The fourth-order valence-corrected chi connectivity index (χ4v) is 4.27. The van der Waals surface area contributed by atoms with E-state index in [4.69, 9.17) is 16.6 Å². The molecule has 1 fully saturated rings. The highest BCUT2D eigenvalue weighted by Crippen LogP contribution is 2.57. The highest BCUT2D eigenvalue weighted by Gasteiger charge is 2.51. The summed E-state index contributed by atoms with van der Waals surface area (Å²) in [6, 6.07) is 0. The Labute approximate surface area is 143 Å². The maximum atomic E-state index is 8.96. The second-order valence-electron chi connectivity index (χ2n) is 7.17. The van der Waals surface area contributed by atoms with Crippen molar-refractivity contribution in [1.82, 2.24) is 0 Å². The molecule has 1 rings (SSSR count). The van der Waals surface area contributed by atoms with E-state index in [0.717, 1.165) is 50.1 Å². The first kappa shape index (κ1) is 20.2. The van der Waals surface area contributed by atoms with Gasteiger partial charge in [0.15, 0.2) is 0 Å². The minimum absolute atomic E-state index is 0.652. The van der Waals surface area contributed by atoms with Crippen molar-refractivity contribution < 1.29 is 5.11 Å². The molecule has 0 aromatic heterocycles. The van der Waals surface area contributed by atoms with Crippen LogP contribution in [-0.4, -0.2) is 18.2 Å². The number of nitrogens with two attached hydrogens (primary N) is 2. The lowest BCUT2D eigenvalue weighted by Gasteiger charge is -2.14. The van der Waals surface area contributed by atoms with E-state index < -0.39 is 0 Å². The molecule has 1 saturated carbocycles. The molecule has 0 spiro atoms. The molecule has 4 atom stereocenters. The molecule has 4 unspecified atom stereocenters. The lowest BCUT2D eigenvalue weighted by molar-refractivity contribution is 0.387. The third-order valence-corrected chi connectivity index (χ3v) is 5.42. The predicted molar refractivity (Wildman–Crippen MR) is 100 cm³/mol. The van der Waals surface area contributed by atoms with Gasteiger partial charge in [-0.05, 0) is 88.3 Å². The maximum absolute atomic E-state index is 8.96. The van der Waals surface area contributed by atoms with E-state index in [1.165, 1.54) is 43.9 Å². The molecule has 0 aromatic rings. The van der Waals surface area contributed by atoms with Gasteiger partial charge in [0.05, 0.1) is 6.26 Å². The SMILES string of the molecule is CCCC1C(CCC/C=C(\C)CCN)C1C(C/C=C/O)CCN. The number of unbranched alkanes of at least 4 members (excludes halogenated alkanes) is 1. The van der Waals surface area contributed by atoms with Gasteiger partial charge in [0, 0.05) is 0 Å². The Kier molecular flexibility index (Phi) is 10.3. The number of rotatable bonds is 13. The van der Waals surface area contributed by atoms with E-state index in [2.05, 4.69) is 19.9 Å². The molecule has 3 nitrogen and oxygen atoms in total. The van der Waals surface area contributed by atoms with Crippen LogP contribution in [0.4, 0.5) is 0 Å². The van der Waals surface area contributed by atoms with Gasteiger partial charge in [-0.3, -0.25) is 0 Å². The molecule has 134 valence electrons. The van der Waals surface area contributed by atoms with E-state index in [0.29, 0.717) is 5.92 Å². The molecule has 1 aliphatic rings. The molecular formula is C20H38N2O. The van der Waals surface area contributed by atoms with Gasteiger partial charge in [-0.2, -0.15) is 0 Å². The second kappa shape index (κ2) is 11.7. The lowest BCUT2D eigenvalue weighted by atomic mass is 9.92. The predicted octanol–water partition coefficient (Wildman–Crippen LogP) is 4.54. The average Bonchev–Trinajstić information content (AvgIpc) is 3.21. The number of aliphatic hydroxyl groups excluding tert-OH is 1. The molecular weight excluding hydrogens is 284 g/mol. The van der Waals surface area contributed by atoms with Crippen molar-refractivity contribution in [3.05, 3.63) is 24.0 Å². The van der Waals surface area contributed by atoms with Crippen LogP contribution in [0.3, 0.4) is 0 Å². The molecule has 3 heteroatoms. The third-order valence-electron chi connectivity index (χ3n) is 5.42. The third kappa shape index (κ3) is 7.09. The quantitative estimate of drug-likeness (QED) is 0.265. The van der Waals surface area contributed by atoms with Crippen molar-refractivity contribution >= 4 is 0 Å². The first-order valence-electron chi connectivity index (χ1n) is 9.54. The van der Waals surface area contributed by atoms with E-state index in [-0.39, 0.29) is 0 Å². The van der Waals surface area contributed by atoms with Crippen LogP contribution in [0.1, 0.15) is 65.2 Å². The molecule has 0 aromatic carbocycles. The van der Waals surface area contributed by atoms with Gasteiger partial charge in [0.1, 0.15) is 0 Å². The highest BCUT2D eigenvalue weighted by atomic mass is 16.2. The zero-order valence-electron chi connectivity index (χ0n) is 15.2. The topological polar surface area (TPSA) is 72.3 Å². The maximum Gasteiger partial charge on any atom is 0.0751 e. The molecule has 23 heavy (non-hydrogen) atoms. The summed E-state index contributed by atoms with van der Waals surface area (Å²) in [5.74, 6) is 3.24. The Bertz CT molecular complexity index is 365. The van der Waals surface area contributed by atoms with Crippen molar-refractivity contribution in [3.63, 3.8) is 0 Å². The van der Waals surface area contributed by atoms with Gasteiger partial charge in [-0.25, -0.2) is 0 Å². The molecule has 0 aliphatic heterocycles. The fourth-order valence-electron chi connectivity index (χ4n) is 4.27. The van der Waals surface area contributed by atoms with E-state index in [1.54, 1.807) is 0 Å². The Morgan fingerprint density at radius 3 is 2.52 bits per heavy atom. The Hall–Kier alpha value is -0.800. The summed E-state index contributed by atoms with van der Waals surface area (Å²) in [6.07, 6.45) is 15.0. The molecule has 0 saturated heterocycles. The Balaban J connectivity index is 2.46. The van der Waals surface area contributed by atoms with Gasteiger partial charge in [0.25, 0.3) is 0 Å². The molecule has 0 amide bonds. The standard InChI is InChI=1S/C20H38N2O/c1-3-7-18-19(10-5-4-8-16(2)11-13-21)20(18)17(12-14-22)9-6-15-23/h6,8,15,17-20,23H,3-5,7,9-14,21-22H2,1-2H3/b15-6+,16-8+. The molecule has 5 N–H and O–H groups in total. The van der Waals surface area contributed by atoms with Crippen LogP contribution in [0.25, 0.3) is 0 Å². The van der Waals surface area contributed by atoms with Crippen LogP contribution >= 0.6 is 0 Å². The zero-order valence-corrected chi connectivity index (χ0v) is 15.2. The van der Waals surface area contributed by atoms with Crippen molar-refractivity contribution in [2.45, 2.75) is 65.2 Å². The van der Waals surface area contributed by atoms with Crippen LogP contribution in [0.5, 0.6) is 0 Å². The first-order chi connectivity index (χ1) is 11.2. The van der Waals surface area contributed by atoms with Crippen molar-refractivity contribution in [3.8, 4) is 0 Å². The van der Waals surface area contributed by atoms with Crippen molar-refractivity contribution in [2.24, 2.45) is 35.1 Å². The van der Waals surface area contributed by atoms with E-state index in [9.17, 15) is 0 Å². The largest absolute Gasteiger partial charge is 0.516 e. The smallest absolute Gasteiger partial charge is 0.0751 e. The molecule has 0 bridgehead atoms. The summed E-state index contributed by atoms with van der Waals surface area (Å²) in [4.78, 5) is 0. The van der Waals surface area contributed by atoms with Crippen LogP contribution in [-0.2, 0) is 0 Å². The average molecular weight is 323 g/mol. The zero-order chi connectivity index (χ0) is 17.1. The van der Waals surface area contributed by atoms with Gasteiger partial charge >= 0.3 is 0 Å². The molecule has 1 aliphatic carbocycles. The van der Waals surface area contributed by atoms with Crippen LogP contribution in [0.2, 0.25) is 0 Å². The molecule has 0 heterocycles. The second-order valence-corrected chi connectivity index (χ2v) is 7.17. The van der Waals surface area contributed by atoms with Crippen LogP contribution in [0.15, 0.2) is 24.0 Å². The summed E-state index contributed by atoms with van der Waals surface area (Å²) in [5, 5.41) is 8.96. The summed E-state index contributed by atoms with van der Waals surface area (Å²) in [7, 11) is 0. The van der Waals surface area contributed by atoms with Gasteiger partial charge in [-0.1, -0.05) is 31.4 Å². The molecule has 0 radical (unpaired) electrons. The summed E-state index contributed by atoms with van der Waals surface area (Å²) < 4.78 is 0. The van der Waals surface area contributed by atoms with E-state index in [1.807, 2.05) is 6.08 Å². The highest BCUT2D eigenvalue weighted by molar-refractivity contribution is 5.02. The number of hydrogen-bond donors (Lipinski definition) is 3. The number of allylic oxidation sites excluding steroid dienone is 2. The van der Waals surface area contributed by atoms with Gasteiger partial charge in [-0.15, -0.1) is 0 Å². The van der Waals surface area contributed by atoms with Crippen LogP contribution in [0, 0.1) is 23.7 Å². The fraction of sp³-hybridized carbons (Fsp3) is 0.800. The summed E-state index contributed by atoms with van der Waals surface area (Å²) >= 11 is 0. The van der Waals surface area contributed by atoms with Crippen LogP contribution < -0.4 is 11.5 Å². The monoisotopic (exact) mass is 322 g/mol. The number of hydrogen-bond acceptors (Lipinski definition) is 3. The normalized spacial score (nSPS) is 25.9. The lowest BCUT2D eigenvalue weighted by Crippen LogP contribution is -2.12. The first-order valence-corrected chi connectivity index (χ1v) is 9.54. The van der Waals surface area contributed by atoms with Gasteiger partial charge < -0.3 is 16.6 Å².